The summed E-state index contributed by atoms with van der Waals surface area (Å²) in [6, 6.07) is 8.37. The third-order valence-corrected chi connectivity index (χ3v) is 5.48. The molecule has 1 fully saturated rings. The van der Waals surface area contributed by atoms with Gasteiger partial charge in [0.05, 0.1) is 4.91 Å². The Morgan fingerprint density at radius 1 is 1.23 bits per heavy atom. The van der Waals surface area contributed by atoms with Gasteiger partial charge >= 0.3 is 5.97 Å². The molecule has 1 saturated heterocycles. The maximum absolute atomic E-state index is 12.5. The van der Waals surface area contributed by atoms with Crippen LogP contribution in [0.15, 0.2) is 47.4 Å². The van der Waals surface area contributed by atoms with Gasteiger partial charge in [0.1, 0.15) is 10.4 Å². The van der Waals surface area contributed by atoms with Crippen LogP contribution in [0.5, 0.6) is 0 Å². The molecule has 30 heavy (non-hydrogen) atoms. The maximum Gasteiger partial charge on any atom is 0.326 e. The van der Waals surface area contributed by atoms with Crippen molar-refractivity contribution in [3.05, 3.63) is 53.0 Å². The van der Waals surface area contributed by atoms with Crippen molar-refractivity contribution in [1.29, 1.82) is 0 Å². The zero-order chi connectivity index (χ0) is 22.1. The van der Waals surface area contributed by atoms with Crippen molar-refractivity contribution in [1.82, 2.24) is 10.2 Å². The van der Waals surface area contributed by atoms with E-state index in [1.165, 1.54) is 4.90 Å². The first kappa shape index (κ1) is 23.3. The summed E-state index contributed by atoms with van der Waals surface area (Å²) in [6.07, 6.45) is 4.89. The Morgan fingerprint density at radius 3 is 2.57 bits per heavy atom. The number of carboxylic acids is 1. The second-order valence-electron chi connectivity index (χ2n) is 6.34. The molecular weight excluding hydrogens is 426 g/mol. The average Bonchev–Trinajstić information content (AvgIpc) is 2.97. The smallest absolute Gasteiger partial charge is 0.326 e. The van der Waals surface area contributed by atoms with Crippen LogP contribution in [-0.4, -0.2) is 50.6 Å². The number of nitrogens with two attached hydrogens (primary N) is 1. The van der Waals surface area contributed by atoms with Gasteiger partial charge in [-0.15, -0.1) is 0 Å². The maximum atomic E-state index is 12.5. The molecule has 158 valence electrons. The molecule has 1 atom stereocenters. The summed E-state index contributed by atoms with van der Waals surface area (Å²) >= 11 is 6.36. The second kappa shape index (κ2) is 11.3. The fourth-order valence-electron chi connectivity index (χ4n) is 2.54. The SMILES string of the molecule is NC(=O)CC[C@@H](NC(=O)CCN1C(=O)/C(=C\C=C\c2ccccc2)SC1=S)C(=O)O. The number of thiocarbonyl (C=S) groups is 1. The number of primary amides is 1. The molecule has 2 rings (SSSR count). The Morgan fingerprint density at radius 2 is 1.93 bits per heavy atom. The van der Waals surface area contributed by atoms with E-state index in [2.05, 4.69) is 5.32 Å². The number of nitrogens with one attached hydrogen (secondary N) is 1. The zero-order valence-electron chi connectivity index (χ0n) is 15.9. The van der Waals surface area contributed by atoms with Gasteiger partial charge in [0.2, 0.25) is 11.8 Å². The number of carbonyl (C=O) groups excluding carboxylic acids is 3. The molecule has 1 heterocycles. The summed E-state index contributed by atoms with van der Waals surface area (Å²) < 4.78 is 0.329. The van der Waals surface area contributed by atoms with Crippen LogP contribution in [0, 0.1) is 0 Å². The molecule has 1 aromatic carbocycles. The van der Waals surface area contributed by atoms with Gasteiger partial charge in [-0.25, -0.2) is 4.79 Å². The molecule has 0 spiro atoms. The molecule has 0 unspecified atom stereocenters. The van der Waals surface area contributed by atoms with Gasteiger partial charge < -0.3 is 16.2 Å². The molecule has 1 aromatic rings. The van der Waals surface area contributed by atoms with E-state index in [1.807, 2.05) is 36.4 Å². The molecule has 1 aliphatic heterocycles. The van der Waals surface area contributed by atoms with E-state index in [0.717, 1.165) is 17.3 Å². The van der Waals surface area contributed by atoms with Crippen LogP contribution in [0.25, 0.3) is 6.08 Å². The molecule has 10 heteroatoms. The molecule has 8 nitrogen and oxygen atoms in total. The van der Waals surface area contributed by atoms with Gasteiger partial charge in [-0.2, -0.15) is 0 Å². The Kier molecular flexibility index (Phi) is 8.75. The topological polar surface area (TPSA) is 130 Å². The average molecular weight is 448 g/mol. The first-order valence-electron chi connectivity index (χ1n) is 9.05. The number of thioether (sulfide) groups is 1. The Bertz CT molecular complexity index is 899. The van der Waals surface area contributed by atoms with Crippen molar-refractivity contribution < 1.29 is 24.3 Å². The Balaban J connectivity index is 1.89. The highest BCUT2D eigenvalue weighted by molar-refractivity contribution is 8.26. The van der Waals surface area contributed by atoms with Gasteiger partial charge in [0.25, 0.3) is 5.91 Å². The van der Waals surface area contributed by atoms with E-state index in [9.17, 15) is 19.2 Å². The molecular formula is C20H21N3O5S2. The van der Waals surface area contributed by atoms with Crippen LogP contribution < -0.4 is 11.1 Å². The van der Waals surface area contributed by atoms with Crippen LogP contribution in [0.1, 0.15) is 24.8 Å². The quantitative estimate of drug-likeness (QED) is 0.367. The fraction of sp³-hybridized carbons (Fsp3) is 0.250. The largest absolute Gasteiger partial charge is 0.480 e. The molecule has 0 aliphatic carbocycles. The van der Waals surface area contributed by atoms with Gasteiger partial charge in [-0.3, -0.25) is 19.3 Å². The lowest BCUT2D eigenvalue weighted by Crippen LogP contribution is -2.42. The zero-order valence-corrected chi connectivity index (χ0v) is 17.6. The molecule has 3 amide bonds. The normalized spacial score (nSPS) is 16.3. The third kappa shape index (κ3) is 7.12. The number of amides is 3. The Hall–Kier alpha value is -2.98. The molecule has 4 N–H and O–H groups in total. The van der Waals surface area contributed by atoms with Gasteiger partial charge in [0.15, 0.2) is 0 Å². The molecule has 0 aromatic heterocycles. The highest BCUT2D eigenvalue weighted by Crippen LogP contribution is 2.31. The van der Waals surface area contributed by atoms with Crippen molar-refractivity contribution in [2.45, 2.75) is 25.3 Å². The number of allylic oxidation sites excluding steroid dienone is 2. The molecule has 0 radical (unpaired) electrons. The number of hydrogen-bond donors (Lipinski definition) is 3. The molecule has 1 aliphatic rings. The van der Waals surface area contributed by atoms with Crippen LogP contribution >= 0.6 is 24.0 Å². The van der Waals surface area contributed by atoms with Crippen LogP contribution in [0.2, 0.25) is 0 Å². The second-order valence-corrected chi connectivity index (χ2v) is 8.01. The van der Waals surface area contributed by atoms with Crippen molar-refractivity contribution in [3.63, 3.8) is 0 Å². The summed E-state index contributed by atoms with van der Waals surface area (Å²) in [5, 5.41) is 11.5. The van der Waals surface area contributed by atoms with Crippen LogP contribution in [-0.2, 0) is 19.2 Å². The summed E-state index contributed by atoms with van der Waals surface area (Å²) in [4.78, 5) is 48.3. The number of carboxylic acid groups (broad SMARTS) is 1. The lowest BCUT2D eigenvalue weighted by Gasteiger charge is -2.16. The van der Waals surface area contributed by atoms with Crippen molar-refractivity contribution in [2.24, 2.45) is 5.73 Å². The summed E-state index contributed by atoms with van der Waals surface area (Å²) in [6.45, 7) is 0.0262. The molecule has 0 bridgehead atoms. The van der Waals surface area contributed by atoms with Crippen LogP contribution in [0.3, 0.4) is 0 Å². The van der Waals surface area contributed by atoms with Gasteiger partial charge in [-0.1, -0.05) is 66.5 Å². The molecule has 0 saturated carbocycles. The van der Waals surface area contributed by atoms with E-state index in [1.54, 1.807) is 12.2 Å². The first-order chi connectivity index (χ1) is 14.3. The number of carbonyl (C=O) groups is 4. The highest BCUT2D eigenvalue weighted by atomic mass is 32.2. The van der Waals surface area contributed by atoms with Crippen molar-refractivity contribution in [2.75, 3.05) is 6.54 Å². The predicted molar refractivity (Wildman–Crippen MR) is 118 cm³/mol. The summed E-state index contributed by atoms with van der Waals surface area (Å²) in [5.74, 6) is -2.78. The van der Waals surface area contributed by atoms with E-state index in [-0.39, 0.29) is 31.7 Å². The van der Waals surface area contributed by atoms with E-state index >= 15 is 0 Å². The number of aliphatic carboxylic acids is 1. The minimum atomic E-state index is -1.26. The lowest BCUT2D eigenvalue weighted by atomic mass is 10.1. The van der Waals surface area contributed by atoms with Gasteiger partial charge in [-0.05, 0) is 18.1 Å². The fourth-order valence-corrected chi connectivity index (χ4v) is 3.80. The minimum Gasteiger partial charge on any atom is -0.480 e. The van der Waals surface area contributed by atoms with E-state index in [4.69, 9.17) is 23.1 Å². The van der Waals surface area contributed by atoms with E-state index in [0.29, 0.717) is 9.23 Å². The first-order valence-corrected chi connectivity index (χ1v) is 10.3. The van der Waals surface area contributed by atoms with Crippen LogP contribution in [0.4, 0.5) is 0 Å². The van der Waals surface area contributed by atoms with Crippen molar-refractivity contribution >= 4 is 58.1 Å². The number of hydrogen-bond acceptors (Lipinski definition) is 6. The highest BCUT2D eigenvalue weighted by Gasteiger charge is 2.32. The lowest BCUT2D eigenvalue weighted by molar-refractivity contribution is -0.142. The minimum absolute atomic E-state index is 0.0262. The number of benzene rings is 1. The third-order valence-electron chi connectivity index (χ3n) is 4.08. The predicted octanol–water partition coefficient (Wildman–Crippen LogP) is 1.67. The monoisotopic (exact) mass is 447 g/mol. The Labute approximate surface area is 183 Å². The van der Waals surface area contributed by atoms with Gasteiger partial charge in [0, 0.05) is 19.4 Å². The number of nitrogens with zero attached hydrogens (tertiary/aromatic N) is 1. The summed E-state index contributed by atoms with van der Waals surface area (Å²) in [7, 11) is 0. The van der Waals surface area contributed by atoms with E-state index < -0.39 is 23.8 Å². The number of rotatable bonds is 10. The summed E-state index contributed by atoms with van der Waals surface area (Å²) in [5.41, 5.74) is 6.00. The standard InChI is InChI=1S/C20H21N3O5S2/c21-16(24)10-9-14(19(27)28)22-17(25)11-12-23-18(26)15(30-20(23)29)8-4-7-13-5-2-1-3-6-13/h1-8,14H,9-12H2,(H2,21,24)(H,22,25)(H,27,28)/b7-4+,15-8+/t14-/m1/s1. The van der Waals surface area contributed by atoms with Crippen molar-refractivity contribution in [3.8, 4) is 0 Å².